The highest BCUT2D eigenvalue weighted by Crippen LogP contribution is 2.62. The van der Waals surface area contributed by atoms with Crippen LogP contribution in [0, 0.1) is 0 Å². The topological polar surface area (TPSA) is 43.4 Å². The van der Waals surface area contributed by atoms with Crippen molar-refractivity contribution >= 4 is 18.4 Å². The fraction of sp³-hybridized carbons (Fsp3) is 0.235. The van der Waals surface area contributed by atoms with E-state index in [2.05, 4.69) is 0 Å². The average molecular weight is 300 g/mol. The zero-order valence-corrected chi connectivity index (χ0v) is 13.0. The van der Waals surface area contributed by atoms with Gasteiger partial charge in [0.05, 0.1) is 19.2 Å². The van der Waals surface area contributed by atoms with Gasteiger partial charge in [0.15, 0.2) is 0 Å². The molecule has 0 amide bonds. The Morgan fingerprint density at radius 3 is 2.43 bits per heavy atom. The average Bonchev–Trinajstić information content (AvgIpc) is 2.51. The summed E-state index contributed by atoms with van der Waals surface area (Å²) in [5.74, 6) is -0.323. The van der Waals surface area contributed by atoms with Crippen LogP contribution in [0.15, 0.2) is 48.5 Å². The van der Waals surface area contributed by atoms with Crippen LogP contribution < -0.4 is 5.30 Å². The molecular weight excluding hydrogens is 283 g/mol. The van der Waals surface area contributed by atoms with Crippen molar-refractivity contribution in [3.05, 3.63) is 54.1 Å². The van der Waals surface area contributed by atoms with Crippen LogP contribution in [0.4, 0.5) is 0 Å². The van der Waals surface area contributed by atoms with E-state index in [9.17, 15) is 9.36 Å². The third-order valence-electron chi connectivity index (χ3n) is 4.17. The molecule has 4 heteroatoms. The van der Waals surface area contributed by atoms with E-state index in [1.54, 1.807) is 6.66 Å². The summed E-state index contributed by atoms with van der Waals surface area (Å²) in [7, 11) is -1.32. The first kappa shape index (κ1) is 14.1. The molecule has 0 radical (unpaired) electrons. The molecular formula is C17H17O3P. The van der Waals surface area contributed by atoms with E-state index in [4.69, 9.17) is 4.74 Å². The Morgan fingerprint density at radius 2 is 1.71 bits per heavy atom. The standard InChI is InChI=1S/C17H17O3P/c1-20-17(18)11-16-14-9-4-3-7-12(14)13-8-5-6-10-15(13)21(16,2)19/h3-10,16H,11H2,1-2H3. The van der Waals surface area contributed by atoms with Gasteiger partial charge in [-0.2, -0.15) is 0 Å². The monoisotopic (exact) mass is 300 g/mol. The van der Waals surface area contributed by atoms with E-state index in [0.29, 0.717) is 0 Å². The number of methoxy groups -OCH3 is 1. The first-order valence-electron chi connectivity index (χ1n) is 6.88. The quantitative estimate of drug-likeness (QED) is 0.629. The minimum absolute atomic E-state index is 0.148. The molecule has 1 aliphatic rings. The van der Waals surface area contributed by atoms with E-state index >= 15 is 0 Å². The molecule has 0 N–H and O–H groups in total. The number of fused-ring (bicyclic) bond motifs is 3. The van der Waals surface area contributed by atoms with Gasteiger partial charge >= 0.3 is 5.97 Å². The molecule has 0 bridgehead atoms. The summed E-state index contributed by atoms with van der Waals surface area (Å²) in [6.45, 7) is 1.77. The van der Waals surface area contributed by atoms with E-state index < -0.39 is 7.14 Å². The maximum atomic E-state index is 13.4. The van der Waals surface area contributed by atoms with Gasteiger partial charge in [0, 0.05) is 5.30 Å². The summed E-state index contributed by atoms with van der Waals surface area (Å²) in [4.78, 5) is 11.7. The van der Waals surface area contributed by atoms with Crippen molar-refractivity contribution in [3.63, 3.8) is 0 Å². The molecule has 3 rings (SSSR count). The second-order valence-electron chi connectivity index (χ2n) is 5.39. The zero-order chi connectivity index (χ0) is 15.0. The van der Waals surface area contributed by atoms with Crippen molar-refractivity contribution in [1.29, 1.82) is 0 Å². The number of esters is 1. The fourth-order valence-electron chi connectivity index (χ4n) is 3.08. The normalized spacial score (nSPS) is 23.0. The Kier molecular flexibility index (Phi) is 3.46. The summed E-state index contributed by atoms with van der Waals surface area (Å²) in [5, 5.41) is 0.859. The fourth-order valence-corrected chi connectivity index (χ4v) is 5.72. The summed E-state index contributed by atoms with van der Waals surface area (Å²) in [5.41, 5.74) is 2.75. The van der Waals surface area contributed by atoms with E-state index in [1.165, 1.54) is 7.11 Å². The van der Waals surface area contributed by atoms with E-state index in [-0.39, 0.29) is 18.0 Å². The number of hydrogen-bond acceptors (Lipinski definition) is 3. The van der Waals surface area contributed by atoms with Crippen LogP contribution in [0.25, 0.3) is 11.1 Å². The molecule has 108 valence electrons. The van der Waals surface area contributed by atoms with E-state index in [1.807, 2.05) is 48.5 Å². The minimum Gasteiger partial charge on any atom is -0.469 e. The van der Waals surface area contributed by atoms with Crippen LogP contribution in [0.5, 0.6) is 0 Å². The smallest absolute Gasteiger partial charge is 0.306 e. The highest BCUT2D eigenvalue weighted by molar-refractivity contribution is 7.71. The van der Waals surface area contributed by atoms with Crippen molar-refractivity contribution < 1.29 is 14.1 Å². The van der Waals surface area contributed by atoms with Gasteiger partial charge in [-0.1, -0.05) is 48.5 Å². The van der Waals surface area contributed by atoms with Crippen LogP contribution in [0.2, 0.25) is 0 Å². The maximum absolute atomic E-state index is 13.4. The van der Waals surface area contributed by atoms with Crippen molar-refractivity contribution in [2.45, 2.75) is 12.1 Å². The summed E-state index contributed by atoms with van der Waals surface area (Å²) in [6, 6.07) is 15.7. The summed E-state index contributed by atoms with van der Waals surface area (Å²) in [6.07, 6.45) is 0.148. The Hall–Kier alpha value is -1.86. The van der Waals surface area contributed by atoms with Crippen molar-refractivity contribution in [2.24, 2.45) is 0 Å². The van der Waals surface area contributed by atoms with Crippen LogP contribution >= 0.6 is 7.14 Å². The van der Waals surface area contributed by atoms with Crippen LogP contribution in [-0.2, 0) is 14.1 Å². The predicted molar refractivity (Wildman–Crippen MR) is 84.4 cm³/mol. The van der Waals surface area contributed by atoms with Crippen LogP contribution in [-0.4, -0.2) is 19.7 Å². The molecule has 2 aromatic carbocycles. The molecule has 0 saturated heterocycles. The number of carbonyl (C=O) groups is 1. The molecule has 2 unspecified atom stereocenters. The second-order valence-corrected chi connectivity index (χ2v) is 8.48. The lowest BCUT2D eigenvalue weighted by Gasteiger charge is -2.33. The first-order valence-corrected chi connectivity index (χ1v) is 9.11. The lowest BCUT2D eigenvalue weighted by Crippen LogP contribution is -2.22. The van der Waals surface area contributed by atoms with Gasteiger partial charge in [-0.25, -0.2) is 0 Å². The summed E-state index contributed by atoms with van der Waals surface area (Å²) < 4.78 is 18.2. The van der Waals surface area contributed by atoms with Gasteiger partial charge in [0.25, 0.3) is 0 Å². The number of hydrogen-bond donors (Lipinski definition) is 0. The molecule has 2 atom stereocenters. The van der Waals surface area contributed by atoms with Gasteiger partial charge < -0.3 is 9.30 Å². The number of rotatable bonds is 2. The van der Waals surface area contributed by atoms with Crippen molar-refractivity contribution in [1.82, 2.24) is 0 Å². The van der Waals surface area contributed by atoms with Gasteiger partial charge in [0.2, 0.25) is 0 Å². The first-order chi connectivity index (χ1) is 10.1. The maximum Gasteiger partial charge on any atom is 0.306 e. The number of carbonyl (C=O) groups excluding carboxylic acids is 1. The van der Waals surface area contributed by atoms with Gasteiger partial charge in [-0.3, -0.25) is 4.79 Å². The predicted octanol–water partition coefficient (Wildman–Crippen LogP) is 3.59. The third-order valence-corrected chi connectivity index (χ3v) is 7.17. The van der Waals surface area contributed by atoms with Crippen molar-refractivity contribution in [3.8, 4) is 11.1 Å². The van der Waals surface area contributed by atoms with Crippen LogP contribution in [0.1, 0.15) is 17.6 Å². The highest BCUT2D eigenvalue weighted by Gasteiger charge is 2.40. The third kappa shape index (κ3) is 2.22. The van der Waals surface area contributed by atoms with Crippen molar-refractivity contribution in [2.75, 3.05) is 13.8 Å². The summed E-state index contributed by atoms with van der Waals surface area (Å²) >= 11 is 0. The number of benzene rings is 2. The molecule has 0 aliphatic carbocycles. The Bertz CT molecular complexity index is 751. The lowest BCUT2D eigenvalue weighted by molar-refractivity contribution is -0.140. The second kappa shape index (κ2) is 5.16. The molecule has 0 aromatic heterocycles. The Morgan fingerprint density at radius 1 is 1.10 bits per heavy atom. The molecule has 2 aromatic rings. The SMILES string of the molecule is COC(=O)CC1c2ccccc2-c2ccccc2P1(C)=O. The molecule has 3 nitrogen and oxygen atoms in total. The molecule has 0 spiro atoms. The minimum atomic E-state index is -2.69. The number of ether oxygens (including phenoxy) is 1. The Balaban J connectivity index is 2.24. The Labute approximate surface area is 124 Å². The molecule has 0 fully saturated rings. The van der Waals surface area contributed by atoms with E-state index in [0.717, 1.165) is 22.0 Å². The van der Waals surface area contributed by atoms with Gasteiger partial charge in [-0.05, 0) is 23.4 Å². The van der Waals surface area contributed by atoms with Gasteiger partial charge in [0.1, 0.15) is 7.14 Å². The lowest BCUT2D eigenvalue weighted by atomic mass is 9.95. The highest BCUT2D eigenvalue weighted by atomic mass is 31.2. The largest absolute Gasteiger partial charge is 0.469 e. The molecule has 0 saturated carbocycles. The molecule has 21 heavy (non-hydrogen) atoms. The molecule has 1 heterocycles. The van der Waals surface area contributed by atoms with Gasteiger partial charge in [-0.15, -0.1) is 0 Å². The zero-order valence-electron chi connectivity index (χ0n) is 12.1. The molecule has 1 aliphatic heterocycles. The van der Waals surface area contributed by atoms with Crippen LogP contribution in [0.3, 0.4) is 0 Å².